The molecule has 8 nitrogen and oxygen atoms in total. The number of hydrogen-bond acceptors (Lipinski definition) is 5. The lowest BCUT2D eigenvalue weighted by Crippen LogP contribution is -2.46. The molecule has 1 aliphatic heterocycles. The van der Waals surface area contributed by atoms with E-state index in [1.165, 1.54) is 18.6 Å². The van der Waals surface area contributed by atoms with Gasteiger partial charge in [0.2, 0.25) is 15.9 Å². The van der Waals surface area contributed by atoms with Crippen molar-refractivity contribution in [1.29, 1.82) is 0 Å². The molecule has 1 saturated heterocycles. The molecule has 1 aromatic heterocycles. The number of carbonyl (C=O) groups is 2. The third-order valence-electron chi connectivity index (χ3n) is 4.69. The Hall–Kier alpha value is -2.17. The highest BCUT2D eigenvalue weighted by molar-refractivity contribution is 9.10. The zero-order valence-electron chi connectivity index (χ0n) is 15.6. The predicted molar refractivity (Wildman–Crippen MR) is 110 cm³/mol. The summed E-state index contributed by atoms with van der Waals surface area (Å²) in [4.78, 5) is 26.3. The predicted octanol–water partition coefficient (Wildman–Crippen LogP) is 2.13. The van der Waals surface area contributed by atoms with Gasteiger partial charge < -0.3 is 14.6 Å². The SMILES string of the molecule is O=C(CCNS(=O)(=O)c1ccccc1Br)NC1CCN(C(=O)c2ccoc2)CC1. The third kappa shape index (κ3) is 5.68. The number of rotatable bonds is 7. The highest BCUT2D eigenvalue weighted by Crippen LogP contribution is 2.20. The van der Waals surface area contributed by atoms with Crippen LogP contribution < -0.4 is 10.0 Å². The van der Waals surface area contributed by atoms with Crippen molar-refractivity contribution in [2.24, 2.45) is 0 Å². The summed E-state index contributed by atoms with van der Waals surface area (Å²) in [5.41, 5.74) is 0.518. The second kappa shape index (κ2) is 9.55. The fraction of sp³-hybridized carbons (Fsp3) is 0.368. The summed E-state index contributed by atoms with van der Waals surface area (Å²) in [5.74, 6) is -0.301. The molecule has 2 aromatic rings. The number of likely N-dealkylation sites (tertiary alicyclic amines) is 1. The first-order chi connectivity index (χ1) is 13.9. The van der Waals surface area contributed by atoms with Crippen LogP contribution >= 0.6 is 15.9 Å². The molecule has 0 saturated carbocycles. The summed E-state index contributed by atoms with van der Waals surface area (Å²) in [6, 6.07) is 8.09. The van der Waals surface area contributed by atoms with Gasteiger partial charge in [0.05, 0.1) is 16.7 Å². The first-order valence-electron chi connectivity index (χ1n) is 9.22. The molecule has 10 heteroatoms. The Labute approximate surface area is 177 Å². The minimum absolute atomic E-state index is 0.00726. The highest BCUT2D eigenvalue weighted by atomic mass is 79.9. The number of amides is 2. The van der Waals surface area contributed by atoms with Crippen molar-refractivity contribution < 1.29 is 22.4 Å². The van der Waals surface area contributed by atoms with Gasteiger partial charge in [-0.25, -0.2) is 13.1 Å². The molecule has 0 radical (unpaired) electrons. The third-order valence-corrected chi connectivity index (χ3v) is 7.16. The molecule has 2 heterocycles. The Morgan fingerprint density at radius 2 is 1.90 bits per heavy atom. The van der Waals surface area contributed by atoms with Crippen molar-refractivity contribution >= 4 is 37.8 Å². The average molecular weight is 484 g/mol. The zero-order valence-corrected chi connectivity index (χ0v) is 18.0. The van der Waals surface area contributed by atoms with Crippen molar-refractivity contribution in [3.05, 3.63) is 52.9 Å². The molecule has 29 heavy (non-hydrogen) atoms. The summed E-state index contributed by atoms with van der Waals surface area (Å²) in [6.07, 6.45) is 4.23. The first-order valence-corrected chi connectivity index (χ1v) is 11.5. The molecule has 0 atom stereocenters. The van der Waals surface area contributed by atoms with Gasteiger partial charge in [0, 0.05) is 36.6 Å². The fourth-order valence-electron chi connectivity index (χ4n) is 3.13. The lowest BCUT2D eigenvalue weighted by Gasteiger charge is -2.32. The van der Waals surface area contributed by atoms with Crippen LogP contribution in [0.2, 0.25) is 0 Å². The monoisotopic (exact) mass is 483 g/mol. The molecule has 2 amide bonds. The summed E-state index contributed by atoms with van der Waals surface area (Å²) in [6.45, 7) is 1.10. The van der Waals surface area contributed by atoms with Crippen LogP contribution in [0.15, 0.2) is 56.6 Å². The summed E-state index contributed by atoms with van der Waals surface area (Å²) >= 11 is 3.21. The van der Waals surface area contributed by atoms with Gasteiger partial charge in [0.1, 0.15) is 6.26 Å². The quantitative estimate of drug-likeness (QED) is 0.626. The Morgan fingerprint density at radius 3 is 2.55 bits per heavy atom. The number of nitrogens with one attached hydrogen (secondary N) is 2. The van der Waals surface area contributed by atoms with Crippen molar-refractivity contribution in [2.45, 2.75) is 30.2 Å². The van der Waals surface area contributed by atoms with Crippen molar-refractivity contribution in [1.82, 2.24) is 14.9 Å². The molecule has 1 aliphatic rings. The smallest absolute Gasteiger partial charge is 0.257 e. The van der Waals surface area contributed by atoms with E-state index in [-0.39, 0.29) is 35.7 Å². The normalized spacial score (nSPS) is 15.3. The molecule has 2 N–H and O–H groups in total. The number of hydrogen-bond donors (Lipinski definition) is 2. The average Bonchev–Trinajstić information content (AvgIpc) is 3.23. The standard InChI is InChI=1S/C19H22BrN3O5S/c20-16-3-1-2-4-17(16)29(26,27)21-9-5-18(24)22-15-6-10-23(11-7-15)19(25)14-8-12-28-13-14/h1-4,8,12-13,15,21H,5-7,9-11H2,(H,22,24). The summed E-state index contributed by atoms with van der Waals surface area (Å²) in [7, 11) is -3.69. The second-order valence-electron chi connectivity index (χ2n) is 6.72. The van der Waals surface area contributed by atoms with E-state index in [1.54, 1.807) is 29.2 Å². The Morgan fingerprint density at radius 1 is 1.17 bits per heavy atom. The second-order valence-corrected chi connectivity index (χ2v) is 9.31. The minimum Gasteiger partial charge on any atom is -0.472 e. The van der Waals surface area contributed by atoms with Crippen LogP contribution in [0, 0.1) is 0 Å². The summed E-state index contributed by atoms with van der Waals surface area (Å²) < 4.78 is 32.5. The highest BCUT2D eigenvalue weighted by Gasteiger charge is 2.25. The molecule has 0 unspecified atom stereocenters. The number of halogens is 1. The maximum absolute atomic E-state index is 12.3. The Balaban J connectivity index is 1.40. The molecular weight excluding hydrogens is 462 g/mol. The van der Waals surface area contributed by atoms with Crippen LogP contribution in [0.4, 0.5) is 0 Å². The van der Waals surface area contributed by atoms with Crippen LogP contribution in [0.1, 0.15) is 29.6 Å². The summed E-state index contributed by atoms with van der Waals surface area (Å²) in [5, 5.41) is 2.91. The van der Waals surface area contributed by atoms with Gasteiger partial charge in [-0.1, -0.05) is 12.1 Å². The molecule has 0 bridgehead atoms. The number of piperidine rings is 1. The maximum Gasteiger partial charge on any atom is 0.257 e. The van der Waals surface area contributed by atoms with E-state index >= 15 is 0 Å². The van der Waals surface area contributed by atoms with Gasteiger partial charge >= 0.3 is 0 Å². The van der Waals surface area contributed by atoms with Crippen LogP contribution in [0.5, 0.6) is 0 Å². The zero-order chi connectivity index (χ0) is 20.9. The van der Waals surface area contributed by atoms with E-state index in [1.807, 2.05) is 0 Å². The van der Waals surface area contributed by atoms with E-state index in [0.29, 0.717) is 36.0 Å². The van der Waals surface area contributed by atoms with E-state index in [0.717, 1.165) is 0 Å². The van der Waals surface area contributed by atoms with Crippen molar-refractivity contribution in [2.75, 3.05) is 19.6 Å². The minimum atomic E-state index is -3.69. The molecule has 0 aliphatic carbocycles. The fourth-order valence-corrected chi connectivity index (χ4v) is 5.17. The van der Waals surface area contributed by atoms with E-state index in [2.05, 4.69) is 26.0 Å². The van der Waals surface area contributed by atoms with Gasteiger partial charge in [-0.3, -0.25) is 9.59 Å². The van der Waals surface area contributed by atoms with E-state index in [4.69, 9.17) is 4.42 Å². The number of carbonyl (C=O) groups excluding carboxylic acids is 2. The number of sulfonamides is 1. The molecule has 1 aromatic carbocycles. The van der Waals surface area contributed by atoms with Crippen molar-refractivity contribution in [3.8, 4) is 0 Å². The molecule has 0 spiro atoms. The molecular formula is C19H22BrN3O5S. The number of nitrogens with zero attached hydrogens (tertiary/aromatic N) is 1. The van der Waals surface area contributed by atoms with Crippen LogP contribution in [0.3, 0.4) is 0 Å². The van der Waals surface area contributed by atoms with Gasteiger partial charge in [-0.2, -0.15) is 0 Å². The number of benzene rings is 1. The molecule has 1 fully saturated rings. The molecule has 3 rings (SSSR count). The Kier molecular flexibility index (Phi) is 7.09. The van der Waals surface area contributed by atoms with Crippen molar-refractivity contribution in [3.63, 3.8) is 0 Å². The first kappa shape index (κ1) is 21.5. The maximum atomic E-state index is 12.3. The lowest BCUT2D eigenvalue weighted by atomic mass is 10.0. The van der Waals surface area contributed by atoms with Crippen LogP contribution in [-0.4, -0.2) is 50.8 Å². The molecule has 156 valence electrons. The van der Waals surface area contributed by atoms with E-state index < -0.39 is 10.0 Å². The van der Waals surface area contributed by atoms with Gasteiger partial charge in [0.25, 0.3) is 5.91 Å². The lowest BCUT2D eigenvalue weighted by molar-refractivity contribution is -0.121. The Bertz CT molecular complexity index is 954. The van der Waals surface area contributed by atoms with Crippen LogP contribution in [-0.2, 0) is 14.8 Å². The largest absolute Gasteiger partial charge is 0.472 e. The topological polar surface area (TPSA) is 109 Å². The van der Waals surface area contributed by atoms with Gasteiger partial charge in [0.15, 0.2) is 0 Å². The van der Waals surface area contributed by atoms with Crippen LogP contribution in [0.25, 0.3) is 0 Å². The van der Waals surface area contributed by atoms with Gasteiger partial charge in [-0.05, 0) is 47.0 Å². The van der Waals surface area contributed by atoms with Gasteiger partial charge in [-0.15, -0.1) is 0 Å². The van der Waals surface area contributed by atoms with E-state index in [9.17, 15) is 18.0 Å². The number of furan rings is 1.